The van der Waals surface area contributed by atoms with Crippen LogP contribution in [0.1, 0.15) is 143 Å². The molecule has 0 saturated carbocycles. The van der Waals surface area contributed by atoms with Crippen molar-refractivity contribution in [3.8, 4) is 12.3 Å². The van der Waals surface area contributed by atoms with Crippen LogP contribution in [0.3, 0.4) is 0 Å². The van der Waals surface area contributed by atoms with Gasteiger partial charge in [0, 0.05) is 6.54 Å². The quantitative estimate of drug-likeness (QED) is 0.153. The first-order valence-electron chi connectivity index (χ1n) is 14.2. The van der Waals surface area contributed by atoms with E-state index in [0.717, 1.165) is 25.7 Å². The predicted octanol–water partition coefficient (Wildman–Crippen LogP) is 8.57. The first-order chi connectivity index (χ1) is 16.1. The van der Waals surface area contributed by atoms with Crippen molar-refractivity contribution in [1.29, 1.82) is 0 Å². The van der Waals surface area contributed by atoms with E-state index in [1.807, 2.05) is 20.8 Å². The van der Waals surface area contributed by atoms with Gasteiger partial charge in [-0.2, -0.15) is 0 Å². The zero-order valence-electron chi connectivity index (χ0n) is 22.5. The summed E-state index contributed by atoms with van der Waals surface area (Å²) in [5, 5.41) is 2.82. The van der Waals surface area contributed by atoms with Gasteiger partial charge < -0.3 is 14.8 Å². The lowest BCUT2D eigenvalue weighted by molar-refractivity contribution is -0.0322. The van der Waals surface area contributed by atoms with Crippen molar-refractivity contribution in [2.75, 3.05) is 13.2 Å². The number of amides is 1. The molecule has 0 aromatic carbocycles. The van der Waals surface area contributed by atoms with E-state index in [0.29, 0.717) is 6.54 Å². The van der Waals surface area contributed by atoms with Gasteiger partial charge in [-0.1, -0.05) is 123 Å². The Morgan fingerprint density at radius 2 is 1.36 bits per heavy atom. The van der Waals surface area contributed by atoms with Crippen LogP contribution in [-0.2, 0) is 9.47 Å². The van der Waals surface area contributed by atoms with Crippen LogP contribution in [0.2, 0.25) is 0 Å². The number of nitrogens with one attached hydrogen (secondary N) is 1. The number of carbonyl (C=O) groups is 1. The highest BCUT2D eigenvalue weighted by molar-refractivity contribution is 5.67. The fourth-order valence-corrected chi connectivity index (χ4v) is 4.29. The molecule has 4 heteroatoms. The molecule has 1 amide bonds. The van der Waals surface area contributed by atoms with Crippen molar-refractivity contribution >= 4 is 6.09 Å². The number of alkyl carbamates (subject to hydrolysis) is 1. The molecule has 2 unspecified atom stereocenters. The third-order valence-corrected chi connectivity index (χ3v) is 6.38. The molecule has 2 atom stereocenters. The molecule has 1 rings (SSSR count). The highest BCUT2D eigenvalue weighted by Crippen LogP contribution is 2.29. The Labute approximate surface area is 206 Å². The summed E-state index contributed by atoms with van der Waals surface area (Å²) in [7, 11) is 0. The first kappa shape index (κ1) is 31.8. The Morgan fingerprint density at radius 3 is 1.76 bits per heavy atom. The number of rotatable bonds is 19. The largest absolute Gasteiger partial charge is 0.445 e. The Kier molecular flexibility index (Phi) is 21.7. The average molecular weight is 466 g/mol. The van der Waals surface area contributed by atoms with Crippen molar-refractivity contribution in [3.63, 3.8) is 0 Å². The van der Waals surface area contributed by atoms with E-state index in [2.05, 4.69) is 18.2 Å². The van der Waals surface area contributed by atoms with E-state index in [1.165, 1.54) is 89.9 Å². The normalized spacial score (nSPS) is 19.4. The standard InChI is InChI=1S/C27H49NO3.C2H6/c1-4-6-7-8-9-10-11-12-13-14-15-16-17-18-19-20-23-28-26(29)30-24-27(5-2)22-21-25(3)31-27;1-2/h2,25H,4,6-24H2,1,3H3,(H,28,29);1-2H3. The maximum atomic E-state index is 11.8. The molecule has 4 nitrogen and oxygen atoms in total. The number of carbonyl (C=O) groups excluding carboxylic acids is 1. The molecule has 0 spiro atoms. The van der Waals surface area contributed by atoms with Gasteiger partial charge >= 0.3 is 6.09 Å². The first-order valence-corrected chi connectivity index (χ1v) is 14.2. The van der Waals surface area contributed by atoms with Gasteiger partial charge in [0.2, 0.25) is 0 Å². The van der Waals surface area contributed by atoms with Crippen molar-refractivity contribution in [3.05, 3.63) is 0 Å². The van der Waals surface area contributed by atoms with E-state index in [-0.39, 0.29) is 12.7 Å². The molecular formula is C29H55NO3. The molecule has 1 saturated heterocycles. The summed E-state index contributed by atoms with van der Waals surface area (Å²) in [6.07, 6.45) is 28.6. The Hall–Kier alpha value is -1.21. The molecule has 1 aliphatic rings. The number of terminal acetylenes is 1. The third-order valence-electron chi connectivity index (χ3n) is 6.38. The Balaban J connectivity index is 0.00000497. The summed E-state index contributed by atoms with van der Waals surface area (Å²) in [5.41, 5.74) is -0.731. The maximum absolute atomic E-state index is 11.8. The van der Waals surface area contributed by atoms with Crippen LogP contribution in [0.5, 0.6) is 0 Å². The van der Waals surface area contributed by atoms with Crippen LogP contribution in [0.25, 0.3) is 0 Å². The van der Waals surface area contributed by atoms with E-state index in [9.17, 15) is 4.79 Å². The monoisotopic (exact) mass is 465 g/mol. The number of hydrogen-bond acceptors (Lipinski definition) is 3. The smallest absolute Gasteiger partial charge is 0.407 e. The van der Waals surface area contributed by atoms with Crippen LogP contribution in [0.15, 0.2) is 0 Å². The summed E-state index contributed by atoms with van der Waals surface area (Å²) < 4.78 is 11.0. The second kappa shape index (κ2) is 22.6. The minimum atomic E-state index is -0.731. The van der Waals surface area contributed by atoms with Gasteiger partial charge in [0.1, 0.15) is 6.61 Å². The molecule has 0 radical (unpaired) electrons. The zero-order valence-corrected chi connectivity index (χ0v) is 22.5. The molecule has 1 fully saturated rings. The van der Waals surface area contributed by atoms with Gasteiger partial charge in [-0.3, -0.25) is 0 Å². The number of ether oxygens (including phenoxy) is 2. The number of unbranched alkanes of at least 4 members (excludes halogenated alkanes) is 15. The van der Waals surface area contributed by atoms with E-state index >= 15 is 0 Å². The minimum absolute atomic E-state index is 0.132. The average Bonchev–Trinajstić information content (AvgIpc) is 3.22. The topological polar surface area (TPSA) is 47.6 Å². The third kappa shape index (κ3) is 17.9. The highest BCUT2D eigenvalue weighted by Gasteiger charge is 2.38. The van der Waals surface area contributed by atoms with Crippen molar-refractivity contribution in [2.24, 2.45) is 0 Å². The molecule has 0 aromatic heterocycles. The fraction of sp³-hybridized carbons (Fsp3) is 0.897. The SMILES string of the molecule is C#CC1(COC(=O)NCCCCCCCCCCCCCCCCCC)CCC(C)O1.CC. The molecular weight excluding hydrogens is 410 g/mol. The van der Waals surface area contributed by atoms with Crippen LogP contribution < -0.4 is 5.32 Å². The summed E-state index contributed by atoms with van der Waals surface area (Å²) in [6, 6.07) is 0. The van der Waals surface area contributed by atoms with Crippen LogP contribution in [0, 0.1) is 12.3 Å². The molecule has 33 heavy (non-hydrogen) atoms. The molecule has 0 aromatic rings. The second-order valence-electron chi connectivity index (χ2n) is 9.41. The van der Waals surface area contributed by atoms with Gasteiger partial charge in [0.15, 0.2) is 5.60 Å². The van der Waals surface area contributed by atoms with Gasteiger partial charge in [0.05, 0.1) is 6.10 Å². The lowest BCUT2D eigenvalue weighted by Gasteiger charge is -2.22. The molecule has 0 bridgehead atoms. The van der Waals surface area contributed by atoms with Gasteiger partial charge in [0.25, 0.3) is 0 Å². The van der Waals surface area contributed by atoms with Crippen LogP contribution >= 0.6 is 0 Å². The van der Waals surface area contributed by atoms with E-state index < -0.39 is 11.7 Å². The van der Waals surface area contributed by atoms with Gasteiger partial charge in [-0.25, -0.2) is 4.79 Å². The molecule has 1 aliphatic heterocycles. The lowest BCUT2D eigenvalue weighted by atomic mass is 10.0. The molecule has 1 N–H and O–H groups in total. The van der Waals surface area contributed by atoms with Crippen molar-refractivity contribution in [1.82, 2.24) is 5.32 Å². The minimum Gasteiger partial charge on any atom is -0.445 e. The Morgan fingerprint density at radius 1 is 0.909 bits per heavy atom. The van der Waals surface area contributed by atoms with E-state index in [4.69, 9.17) is 15.9 Å². The molecule has 194 valence electrons. The highest BCUT2D eigenvalue weighted by atomic mass is 16.6. The Bertz CT molecular complexity index is 488. The van der Waals surface area contributed by atoms with E-state index in [1.54, 1.807) is 0 Å². The lowest BCUT2D eigenvalue weighted by Crippen LogP contribution is -2.36. The summed E-state index contributed by atoms with van der Waals surface area (Å²) in [6.45, 7) is 9.08. The van der Waals surface area contributed by atoms with Gasteiger partial charge in [-0.05, 0) is 26.2 Å². The molecule has 0 aliphatic carbocycles. The second-order valence-corrected chi connectivity index (χ2v) is 9.41. The summed E-state index contributed by atoms with van der Waals surface area (Å²) in [4.78, 5) is 11.8. The number of hydrogen-bond donors (Lipinski definition) is 1. The summed E-state index contributed by atoms with van der Waals surface area (Å²) >= 11 is 0. The van der Waals surface area contributed by atoms with Gasteiger partial charge in [-0.15, -0.1) is 6.42 Å². The molecule has 1 heterocycles. The zero-order chi connectivity index (χ0) is 24.6. The fourth-order valence-electron chi connectivity index (χ4n) is 4.29. The summed E-state index contributed by atoms with van der Waals surface area (Å²) in [5.74, 6) is 2.66. The maximum Gasteiger partial charge on any atom is 0.407 e. The predicted molar refractivity (Wildman–Crippen MR) is 142 cm³/mol. The van der Waals surface area contributed by atoms with Crippen LogP contribution in [0.4, 0.5) is 4.79 Å². The van der Waals surface area contributed by atoms with Crippen molar-refractivity contribution in [2.45, 2.75) is 155 Å². The van der Waals surface area contributed by atoms with Crippen molar-refractivity contribution < 1.29 is 14.3 Å². The van der Waals surface area contributed by atoms with Crippen LogP contribution in [-0.4, -0.2) is 30.9 Å².